The minimum atomic E-state index is -0.353. The van der Waals surface area contributed by atoms with E-state index in [0.717, 1.165) is 30.5 Å². The number of hydrogen-bond donors (Lipinski definition) is 2. The highest BCUT2D eigenvalue weighted by atomic mass is 19.1. The Hall–Kier alpha value is -3.02. The maximum Gasteiger partial charge on any atom is 0.230 e. The largest absolute Gasteiger partial charge is 0.325 e. The summed E-state index contributed by atoms with van der Waals surface area (Å²) in [6.45, 7) is 13.1. The predicted octanol–water partition coefficient (Wildman–Crippen LogP) is 7.12. The fourth-order valence-corrected chi connectivity index (χ4v) is 4.34. The molecule has 0 unspecified atom stereocenters. The molecule has 0 amide bonds. The predicted molar refractivity (Wildman–Crippen MR) is 140 cm³/mol. The van der Waals surface area contributed by atoms with Gasteiger partial charge in [0, 0.05) is 17.6 Å². The van der Waals surface area contributed by atoms with Crippen LogP contribution in [-0.4, -0.2) is 21.9 Å². The zero-order valence-electron chi connectivity index (χ0n) is 21.4. The first-order valence-electron chi connectivity index (χ1n) is 12.4. The normalized spacial score (nSPS) is 15.4. The zero-order valence-corrected chi connectivity index (χ0v) is 21.4. The van der Waals surface area contributed by atoms with Gasteiger partial charge in [0.05, 0.1) is 5.52 Å². The highest BCUT2D eigenvalue weighted by molar-refractivity contribution is 5.97. The summed E-state index contributed by atoms with van der Waals surface area (Å²) in [5, 5.41) is 16.9. The minimum absolute atomic E-state index is 0.0219. The Balaban J connectivity index is 0.000000348. The van der Waals surface area contributed by atoms with Crippen LogP contribution in [0.5, 0.6) is 0 Å². The van der Waals surface area contributed by atoms with Gasteiger partial charge in [0.15, 0.2) is 0 Å². The van der Waals surface area contributed by atoms with Crippen LogP contribution in [0.3, 0.4) is 0 Å². The van der Waals surface area contributed by atoms with Gasteiger partial charge < -0.3 is 4.90 Å². The van der Waals surface area contributed by atoms with Gasteiger partial charge >= 0.3 is 0 Å². The SMILES string of the molecule is CC.CC(=N)n1c(=N)nc(N2CCCc3c(C)cccc32)c2cc(F)ccc21.CCC1(C)CC1. The molecule has 1 fully saturated rings. The molecule has 2 aliphatic rings. The van der Waals surface area contributed by atoms with E-state index in [1.165, 1.54) is 47.1 Å². The summed E-state index contributed by atoms with van der Waals surface area (Å²) in [7, 11) is 0. The molecule has 1 saturated carbocycles. The van der Waals surface area contributed by atoms with Crippen molar-refractivity contribution >= 4 is 28.2 Å². The summed E-state index contributed by atoms with van der Waals surface area (Å²) in [5.41, 5.74) is 4.96. The zero-order chi connectivity index (χ0) is 25.0. The van der Waals surface area contributed by atoms with Crippen LogP contribution in [0.1, 0.15) is 71.4 Å². The molecule has 1 aromatic heterocycles. The molecule has 1 aliphatic heterocycles. The summed E-state index contributed by atoms with van der Waals surface area (Å²) in [6.07, 6.45) is 6.31. The molecule has 5 rings (SSSR count). The van der Waals surface area contributed by atoms with Crippen molar-refractivity contribution in [3.63, 3.8) is 0 Å². The number of aryl methyl sites for hydroxylation is 1. The third kappa shape index (κ3) is 5.21. The Morgan fingerprint density at radius 1 is 1.18 bits per heavy atom. The number of fused-ring (bicyclic) bond motifs is 2. The number of benzene rings is 2. The molecule has 0 spiro atoms. The Morgan fingerprint density at radius 3 is 2.47 bits per heavy atom. The molecule has 0 bridgehead atoms. The summed E-state index contributed by atoms with van der Waals surface area (Å²) < 4.78 is 15.5. The summed E-state index contributed by atoms with van der Waals surface area (Å²) in [6, 6.07) is 10.6. The number of nitrogens with zero attached hydrogens (tertiary/aromatic N) is 3. The lowest BCUT2D eigenvalue weighted by molar-refractivity contribution is 0.551. The highest BCUT2D eigenvalue weighted by Gasteiger charge is 2.34. The Morgan fingerprint density at radius 2 is 1.88 bits per heavy atom. The Kier molecular flexibility index (Phi) is 7.90. The molecule has 2 N–H and O–H groups in total. The molecule has 5 nitrogen and oxygen atoms in total. The molecule has 182 valence electrons. The molecule has 1 aliphatic carbocycles. The van der Waals surface area contributed by atoms with Crippen molar-refractivity contribution in [3.05, 3.63) is 59.0 Å². The monoisotopic (exact) mass is 463 g/mol. The Labute approximate surface area is 202 Å². The smallest absolute Gasteiger partial charge is 0.230 e. The van der Waals surface area contributed by atoms with E-state index in [0.29, 0.717) is 16.7 Å². The van der Waals surface area contributed by atoms with Gasteiger partial charge in [-0.3, -0.25) is 15.4 Å². The number of halogens is 1. The second kappa shape index (κ2) is 10.5. The summed E-state index contributed by atoms with van der Waals surface area (Å²) in [4.78, 5) is 6.54. The van der Waals surface area contributed by atoms with E-state index >= 15 is 0 Å². The molecular weight excluding hydrogens is 425 g/mol. The van der Waals surface area contributed by atoms with Gasteiger partial charge in [-0.25, -0.2) is 4.39 Å². The minimum Gasteiger partial charge on any atom is -0.325 e. The first kappa shape index (κ1) is 25.6. The molecule has 0 atom stereocenters. The highest BCUT2D eigenvalue weighted by Crippen LogP contribution is 2.47. The fraction of sp³-hybridized carbons (Fsp3) is 0.464. The average Bonchev–Trinajstić information content (AvgIpc) is 3.58. The van der Waals surface area contributed by atoms with E-state index in [4.69, 9.17) is 10.8 Å². The van der Waals surface area contributed by atoms with E-state index in [1.54, 1.807) is 13.0 Å². The van der Waals surface area contributed by atoms with Gasteiger partial charge in [-0.05, 0) is 80.3 Å². The van der Waals surface area contributed by atoms with Gasteiger partial charge in [0.2, 0.25) is 5.62 Å². The van der Waals surface area contributed by atoms with E-state index in [2.05, 4.69) is 42.8 Å². The van der Waals surface area contributed by atoms with E-state index in [-0.39, 0.29) is 17.3 Å². The standard InChI is InChI=1S/C20H20FN5.C6H12.C2H6/c1-12-5-3-7-17-15(12)6-4-10-25(17)19-16-11-14(21)8-9-18(16)26(13(2)22)20(23)24-19;1-3-6(2)4-5-6;1-2/h3,5,7-9,11,22-23H,4,6,10H2,1-2H3;3-5H2,1-2H3;1-2H3. The number of hydrogen-bond acceptors (Lipinski definition) is 4. The van der Waals surface area contributed by atoms with Crippen molar-refractivity contribution in [2.75, 3.05) is 11.4 Å². The van der Waals surface area contributed by atoms with Crippen molar-refractivity contribution in [3.8, 4) is 0 Å². The fourth-order valence-electron chi connectivity index (χ4n) is 4.34. The van der Waals surface area contributed by atoms with Crippen LogP contribution in [0.15, 0.2) is 36.4 Å². The van der Waals surface area contributed by atoms with Crippen LogP contribution in [-0.2, 0) is 6.42 Å². The van der Waals surface area contributed by atoms with Crippen molar-refractivity contribution < 1.29 is 4.39 Å². The molecule has 0 radical (unpaired) electrons. The third-order valence-corrected chi connectivity index (χ3v) is 6.90. The van der Waals surface area contributed by atoms with Crippen molar-refractivity contribution in [2.24, 2.45) is 5.41 Å². The van der Waals surface area contributed by atoms with Crippen LogP contribution < -0.4 is 10.5 Å². The number of rotatable bonds is 2. The van der Waals surface area contributed by atoms with Crippen molar-refractivity contribution in [1.82, 2.24) is 9.55 Å². The second-order valence-electron chi connectivity index (χ2n) is 9.33. The van der Waals surface area contributed by atoms with Gasteiger partial charge in [0.25, 0.3) is 0 Å². The van der Waals surface area contributed by atoms with E-state index < -0.39 is 0 Å². The van der Waals surface area contributed by atoms with Crippen LogP contribution in [0.25, 0.3) is 10.9 Å². The van der Waals surface area contributed by atoms with Crippen LogP contribution in [0, 0.1) is 29.0 Å². The van der Waals surface area contributed by atoms with Gasteiger partial charge in [-0.2, -0.15) is 4.98 Å². The quantitative estimate of drug-likeness (QED) is 0.314. The van der Waals surface area contributed by atoms with Gasteiger partial charge in [-0.1, -0.05) is 46.2 Å². The van der Waals surface area contributed by atoms with Gasteiger partial charge in [0.1, 0.15) is 17.5 Å². The lowest BCUT2D eigenvalue weighted by Gasteiger charge is -2.32. The summed E-state index contributed by atoms with van der Waals surface area (Å²) >= 11 is 0. The maximum absolute atomic E-state index is 14.0. The first-order chi connectivity index (χ1) is 16.2. The molecule has 2 heterocycles. The molecular formula is C28H38FN5. The lowest BCUT2D eigenvalue weighted by Crippen LogP contribution is -2.33. The van der Waals surface area contributed by atoms with Gasteiger partial charge in [-0.15, -0.1) is 0 Å². The molecule has 6 heteroatoms. The van der Waals surface area contributed by atoms with E-state index in [1.807, 2.05) is 19.9 Å². The molecule has 34 heavy (non-hydrogen) atoms. The number of anilines is 2. The number of nitrogens with one attached hydrogen (secondary N) is 2. The first-order valence-corrected chi connectivity index (χ1v) is 12.4. The van der Waals surface area contributed by atoms with E-state index in [9.17, 15) is 4.39 Å². The van der Waals surface area contributed by atoms with Crippen LogP contribution in [0.4, 0.5) is 15.9 Å². The third-order valence-electron chi connectivity index (χ3n) is 6.90. The van der Waals surface area contributed by atoms with Crippen LogP contribution in [0.2, 0.25) is 0 Å². The second-order valence-corrected chi connectivity index (χ2v) is 9.33. The molecule has 0 saturated heterocycles. The Bertz CT molecular complexity index is 1240. The molecule has 3 aromatic rings. The maximum atomic E-state index is 14.0. The average molecular weight is 464 g/mol. The van der Waals surface area contributed by atoms with Crippen molar-refractivity contribution in [1.29, 1.82) is 10.8 Å². The topological polar surface area (TPSA) is 68.8 Å². The number of aromatic nitrogens is 2. The van der Waals surface area contributed by atoms with Crippen molar-refractivity contribution in [2.45, 2.75) is 73.6 Å². The van der Waals surface area contributed by atoms with Crippen LogP contribution >= 0.6 is 0 Å². The summed E-state index contributed by atoms with van der Waals surface area (Å²) in [5.74, 6) is 0.406. The molecule has 2 aromatic carbocycles. The lowest BCUT2D eigenvalue weighted by atomic mass is 9.97.